The largest absolute Gasteiger partial charge is 0.396 e. The van der Waals surface area contributed by atoms with Crippen LogP contribution in [0, 0.1) is 0 Å². The van der Waals surface area contributed by atoms with Gasteiger partial charge in [-0.05, 0) is 19.8 Å². The lowest BCUT2D eigenvalue weighted by Crippen LogP contribution is -1.81. The fourth-order valence-electron chi connectivity index (χ4n) is 0.158. The minimum absolute atomic E-state index is 0.344. The van der Waals surface area contributed by atoms with Crippen LogP contribution in [0.15, 0.2) is 0 Å². The maximum atomic E-state index is 8.07. The summed E-state index contributed by atoms with van der Waals surface area (Å²) < 4.78 is 0. The SMILES string of the molecule is CCC(C)Cl.CCCCO. The van der Waals surface area contributed by atoms with Crippen molar-refractivity contribution < 1.29 is 5.11 Å². The minimum atomic E-state index is 0.344. The van der Waals surface area contributed by atoms with E-state index in [0.29, 0.717) is 12.0 Å². The standard InChI is InChI=1S/C4H9Cl.C4H10O/c1-3-4(2)5;1-2-3-4-5/h4H,3H2,1-2H3;5H,2-4H2,1H3. The van der Waals surface area contributed by atoms with E-state index in [0.717, 1.165) is 19.3 Å². The molecule has 1 nitrogen and oxygen atoms in total. The Labute approximate surface area is 69.4 Å². The summed E-state index contributed by atoms with van der Waals surface area (Å²) in [5, 5.41) is 8.42. The van der Waals surface area contributed by atoms with Crippen molar-refractivity contribution >= 4 is 11.6 Å². The zero-order chi connectivity index (χ0) is 8.41. The third-order valence-electron chi connectivity index (χ3n) is 1.07. The van der Waals surface area contributed by atoms with Gasteiger partial charge in [0, 0.05) is 12.0 Å². The first-order chi connectivity index (χ1) is 4.68. The van der Waals surface area contributed by atoms with Crippen LogP contribution in [0.1, 0.15) is 40.0 Å². The molecule has 0 aliphatic rings. The number of hydrogen-bond donors (Lipinski definition) is 1. The highest BCUT2D eigenvalue weighted by Crippen LogP contribution is 1.95. The number of unbranched alkanes of at least 4 members (excludes halogenated alkanes) is 1. The Balaban J connectivity index is 0. The van der Waals surface area contributed by atoms with E-state index >= 15 is 0 Å². The molecule has 2 heteroatoms. The number of aliphatic hydroxyl groups is 1. The average Bonchev–Trinajstić information content (AvgIpc) is 1.91. The van der Waals surface area contributed by atoms with E-state index in [4.69, 9.17) is 16.7 Å². The van der Waals surface area contributed by atoms with Crippen LogP contribution in [0.2, 0.25) is 0 Å². The zero-order valence-corrected chi connectivity index (χ0v) is 7.99. The fraction of sp³-hybridized carbons (Fsp3) is 1.00. The molecule has 0 aromatic carbocycles. The molecule has 0 aliphatic heterocycles. The molecule has 1 atom stereocenters. The van der Waals surface area contributed by atoms with Crippen molar-refractivity contribution in [2.24, 2.45) is 0 Å². The van der Waals surface area contributed by atoms with Gasteiger partial charge in [0.1, 0.15) is 0 Å². The summed E-state index contributed by atoms with van der Waals surface area (Å²) in [6.45, 7) is 6.45. The van der Waals surface area contributed by atoms with Crippen LogP contribution in [0.3, 0.4) is 0 Å². The quantitative estimate of drug-likeness (QED) is 0.640. The lowest BCUT2D eigenvalue weighted by atomic mass is 10.4. The zero-order valence-electron chi connectivity index (χ0n) is 7.23. The second kappa shape index (κ2) is 12.0. The van der Waals surface area contributed by atoms with Crippen LogP contribution in [-0.2, 0) is 0 Å². The molecule has 0 amide bonds. The van der Waals surface area contributed by atoms with Crippen LogP contribution in [0.25, 0.3) is 0 Å². The van der Waals surface area contributed by atoms with Crippen LogP contribution in [0.4, 0.5) is 0 Å². The Bertz CT molecular complexity index is 44.5. The Morgan fingerprint density at radius 3 is 1.80 bits per heavy atom. The molecular formula is C8H19ClO. The van der Waals surface area contributed by atoms with Gasteiger partial charge in [0.2, 0.25) is 0 Å². The van der Waals surface area contributed by atoms with Crippen molar-refractivity contribution in [1.29, 1.82) is 0 Å². The van der Waals surface area contributed by atoms with Gasteiger partial charge in [-0.2, -0.15) is 0 Å². The van der Waals surface area contributed by atoms with Gasteiger partial charge < -0.3 is 5.11 Å². The van der Waals surface area contributed by atoms with Gasteiger partial charge in [0.05, 0.1) is 0 Å². The predicted molar refractivity (Wildman–Crippen MR) is 47.6 cm³/mol. The van der Waals surface area contributed by atoms with Crippen molar-refractivity contribution in [2.75, 3.05) is 6.61 Å². The lowest BCUT2D eigenvalue weighted by Gasteiger charge is -1.87. The van der Waals surface area contributed by atoms with E-state index in [1.165, 1.54) is 0 Å². The maximum absolute atomic E-state index is 8.07. The van der Waals surface area contributed by atoms with Gasteiger partial charge in [0.15, 0.2) is 0 Å². The topological polar surface area (TPSA) is 20.2 Å². The Morgan fingerprint density at radius 2 is 1.80 bits per heavy atom. The highest BCUT2D eigenvalue weighted by Gasteiger charge is 1.83. The molecular weight excluding hydrogens is 148 g/mol. The number of rotatable bonds is 3. The van der Waals surface area contributed by atoms with Crippen molar-refractivity contribution in [3.05, 3.63) is 0 Å². The molecule has 0 rings (SSSR count). The second-order valence-corrected chi connectivity index (χ2v) is 3.01. The average molecular weight is 167 g/mol. The minimum Gasteiger partial charge on any atom is -0.396 e. The Hall–Kier alpha value is 0.250. The van der Waals surface area contributed by atoms with Crippen LogP contribution >= 0.6 is 11.6 Å². The van der Waals surface area contributed by atoms with Gasteiger partial charge >= 0.3 is 0 Å². The first kappa shape index (κ1) is 12.9. The van der Waals surface area contributed by atoms with E-state index in [1.54, 1.807) is 0 Å². The van der Waals surface area contributed by atoms with Gasteiger partial charge in [-0.25, -0.2) is 0 Å². The molecule has 64 valence electrons. The van der Waals surface area contributed by atoms with Crippen LogP contribution < -0.4 is 0 Å². The highest BCUT2D eigenvalue weighted by molar-refractivity contribution is 6.20. The van der Waals surface area contributed by atoms with Crippen LogP contribution in [0.5, 0.6) is 0 Å². The molecule has 0 bridgehead atoms. The van der Waals surface area contributed by atoms with Crippen molar-refractivity contribution in [2.45, 2.75) is 45.4 Å². The maximum Gasteiger partial charge on any atom is 0.0430 e. The molecule has 0 fully saturated rings. The summed E-state index contributed by atoms with van der Waals surface area (Å²) in [5.41, 5.74) is 0. The third-order valence-corrected chi connectivity index (χ3v) is 1.38. The molecule has 0 aromatic rings. The van der Waals surface area contributed by atoms with Gasteiger partial charge in [-0.15, -0.1) is 11.6 Å². The summed E-state index contributed by atoms with van der Waals surface area (Å²) in [7, 11) is 0. The first-order valence-corrected chi connectivity index (χ1v) is 4.37. The molecule has 0 heterocycles. The van der Waals surface area contributed by atoms with Gasteiger partial charge in [0.25, 0.3) is 0 Å². The Kier molecular flexibility index (Phi) is 15.4. The summed E-state index contributed by atoms with van der Waals surface area (Å²) in [6.07, 6.45) is 3.11. The highest BCUT2D eigenvalue weighted by atomic mass is 35.5. The number of aliphatic hydroxyl groups excluding tert-OH is 1. The normalized spacial score (nSPS) is 11.7. The Morgan fingerprint density at radius 1 is 1.40 bits per heavy atom. The van der Waals surface area contributed by atoms with E-state index in [-0.39, 0.29) is 0 Å². The van der Waals surface area contributed by atoms with Gasteiger partial charge in [-0.1, -0.05) is 20.3 Å². The smallest absolute Gasteiger partial charge is 0.0430 e. The molecule has 0 spiro atoms. The van der Waals surface area contributed by atoms with E-state index < -0.39 is 0 Å². The fourth-order valence-corrected chi connectivity index (χ4v) is 0.158. The summed E-state index contributed by atoms with van der Waals surface area (Å²) in [4.78, 5) is 0. The molecule has 0 radical (unpaired) electrons. The van der Waals surface area contributed by atoms with E-state index in [1.807, 2.05) is 6.92 Å². The van der Waals surface area contributed by atoms with Crippen molar-refractivity contribution in [3.8, 4) is 0 Å². The second-order valence-electron chi connectivity index (χ2n) is 2.27. The summed E-state index contributed by atoms with van der Waals surface area (Å²) in [6, 6.07) is 0. The first-order valence-electron chi connectivity index (χ1n) is 3.93. The predicted octanol–water partition coefficient (Wildman–Crippen LogP) is 2.80. The van der Waals surface area contributed by atoms with Crippen molar-refractivity contribution in [1.82, 2.24) is 0 Å². The molecule has 0 aliphatic carbocycles. The molecule has 0 saturated heterocycles. The van der Waals surface area contributed by atoms with E-state index in [2.05, 4.69) is 13.8 Å². The molecule has 1 unspecified atom stereocenters. The number of hydrogen-bond acceptors (Lipinski definition) is 1. The molecule has 1 N–H and O–H groups in total. The number of halogens is 1. The molecule has 10 heavy (non-hydrogen) atoms. The molecule has 0 saturated carbocycles. The summed E-state index contributed by atoms with van der Waals surface area (Å²) in [5.74, 6) is 0. The lowest BCUT2D eigenvalue weighted by molar-refractivity contribution is 0.287. The van der Waals surface area contributed by atoms with Crippen molar-refractivity contribution in [3.63, 3.8) is 0 Å². The monoisotopic (exact) mass is 166 g/mol. The summed E-state index contributed by atoms with van der Waals surface area (Å²) >= 11 is 5.46. The third kappa shape index (κ3) is 24.0. The van der Waals surface area contributed by atoms with Gasteiger partial charge in [-0.3, -0.25) is 0 Å². The molecule has 0 aromatic heterocycles. The number of alkyl halides is 1. The van der Waals surface area contributed by atoms with E-state index in [9.17, 15) is 0 Å². The van der Waals surface area contributed by atoms with Crippen LogP contribution in [-0.4, -0.2) is 17.1 Å².